The molecule has 5 rings (SSSR count). The van der Waals surface area contributed by atoms with Gasteiger partial charge in [0.2, 0.25) is 5.75 Å². The van der Waals surface area contributed by atoms with E-state index in [1.165, 1.54) is 7.11 Å². The van der Waals surface area contributed by atoms with Crippen molar-refractivity contribution in [3.8, 4) is 22.9 Å². The molecule has 1 amide bonds. The molecule has 0 radical (unpaired) electrons. The van der Waals surface area contributed by atoms with Gasteiger partial charge in [-0.05, 0) is 12.1 Å². The maximum Gasteiger partial charge on any atom is 0.257 e. The second-order valence-electron chi connectivity index (χ2n) is 8.57. The number of morpholine rings is 1. The summed E-state index contributed by atoms with van der Waals surface area (Å²) in [4.78, 5) is 25.3. The maximum atomic E-state index is 13.5. The van der Waals surface area contributed by atoms with Gasteiger partial charge in [-0.15, -0.1) is 0 Å². The number of hydrogen-bond acceptors (Lipinski definition) is 9. The van der Waals surface area contributed by atoms with Crippen LogP contribution in [0.4, 0.5) is 5.82 Å². The Bertz CT molecular complexity index is 1420. The molecule has 0 atom stereocenters. The van der Waals surface area contributed by atoms with Crippen LogP contribution in [0.2, 0.25) is 0 Å². The number of para-hydroxylation sites is 2. The van der Waals surface area contributed by atoms with Gasteiger partial charge in [-0.3, -0.25) is 14.3 Å². The molecule has 1 fully saturated rings. The first-order chi connectivity index (χ1) is 18.0. The van der Waals surface area contributed by atoms with Crippen molar-refractivity contribution >= 4 is 33.9 Å². The molecule has 0 saturated carbocycles. The molecule has 0 bridgehead atoms. The molecule has 2 aromatic carbocycles. The van der Waals surface area contributed by atoms with Crippen molar-refractivity contribution in [2.45, 2.75) is 0 Å². The highest BCUT2D eigenvalue weighted by Crippen LogP contribution is 2.41. The Balaban J connectivity index is 1.61. The van der Waals surface area contributed by atoms with Gasteiger partial charge >= 0.3 is 0 Å². The average molecular weight is 507 g/mol. The van der Waals surface area contributed by atoms with Crippen molar-refractivity contribution in [3.63, 3.8) is 0 Å². The van der Waals surface area contributed by atoms with Crippen molar-refractivity contribution in [2.24, 2.45) is 0 Å². The summed E-state index contributed by atoms with van der Waals surface area (Å²) < 4.78 is 23.6. The highest BCUT2D eigenvalue weighted by molar-refractivity contribution is 6.11. The molecule has 4 aromatic rings. The molecule has 0 aliphatic carbocycles. The number of carbonyl (C=O) groups is 1. The number of nitrogens with two attached hydrogens (primary N) is 1. The van der Waals surface area contributed by atoms with E-state index in [9.17, 15) is 4.79 Å². The van der Waals surface area contributed by atoms with Crippen molar-refractivity contribution in [2.75, 3.05) is 66.5 Å². The Hall–Kier alpha value is -4.09. The maximum absolute atomic E-state index is 13.5. The molecule has 2 aromatic heterocycles. The van der Waals surface area contributed by atoms with Gasteiger partial charge in [-0.25, -0.2) is 9.97 Å². The molecule has 0 unspecified atom stereocenters. The highest BCUT2D eigenvalue weighted by Gasteiger charge is 2.26. The predicted octanol–water partition coefficient (Wildman–Crippen LogP) is 2.24. The number of nitrogen functional groups attached to an aromatic ring is 1. The van der Waals surface area contributed by atoms with E-state index in [1.807, 2.05) is 24.3 Å². The van der Waals surface area contributed by atoms with E-state index in [1.54, 1.807) is 30.9 Å². The molecule has 11 heteroatoms. The van der Waals surface area contributed by atoms with Crippen LogP contribution in [-0.2, 0) is 4.74 Å². The molecule has 37 heavy (non-hydrogen) atoms. The van der Waals surface area contributed by atoms with E-state index >= 15 is 0 Å². The summed E-state index contributed by atoms with van der Waals surface area (Å²) in [5.74, 6) is 1.24. The van der Waals surface area contributed by atoms with Gasteiger partial charge < -0.3 is 30.0 Å². The number of nitrogens with one attached hydrogen (secondary N) is 1. The van der Waals surface area contributed by atoms with Crippen LogP contribution in [0.15, 0.2) is 36.4 Å². The molecule has 3 heterocycles. The summed E-state index contributed by atoms with van der Waals surface area (Å²) in [6, 6.07) is 11.0. The number of carbonyl (C=O) groups excluding carboxylic acids is 1. The number of methoxy groups -OCH3 is 3. The number of nitrogens with zero attached hydrogens (tertiary/aromatic N) is 4. The van der Waals surface area contributed by atoms with E-state index in [2.05, 4.69) is 10.2 Å². The molecule has 1 saturated heterocycles. The first-order valence-corrected chi connectivity index (χ1v) is 12.0. The van der Waals surface area contributed by atoms with Crippen molar-refractivity contribution < 1.29 is 23.7 Å². The number of hydrogen-bond donors (Lipinski definition) is 2. The third kappa shape index (κ3) is 4.58. The Morgan fingerprint density at radius 1 is 1.03 bits per heavy atom. The minimum absolute atomic E-state index is 0.212. The first-order valence-electron chi connectivity index (χ1n) is 12.0. The molecular weight excluding hydrogens is 476 g/mol. The Kier molecular flexibility index (Phi) is 6.97. The van der Waals surface area contributed by atoms with Gasteiger partial charge in [0, 0.05) is 38.3 Å². The van der Waals surface area contributed by atoms with Gasteiger partial charge in [0.15, 0.2) is 17.1 Å². The summed E-state index contributed by atoms with van der Waals surface area (Å²) in [6.07, 6.45) is 0. The number of aromatic nitrogens is 3. The summed E-state index contributed by atoms with van der Waals surface area (Å²) in [6.45, 7) is 4.27. The number of fused-ring (bicyclic) bond motifs is 2. The lowest BCUT2D eigenvalue weighted by molar-refractivity contribution is 0.0383. The molecule has 1 aliphatic heterocycles. The summed E-state index contributed by atoms with van der Waals surface area (Å²) in [7, 11) is 4.62. The van der Waals surface area contributed by atoms with E-state index < -0.39 is 0 Å². The zero-order chi connectivity index (χ0) is 25.9. The van der Waals surface area contributed by atoms with Crippen LogP contribution in [0.25, 0.3) is 27.9 Å². The fourth-order valence-electron chi connectivity index (χ4n) is 4.58. The Labute approximate surface area is 214 Å². The van der Waals surface area contributed by atoms with Crippen molar-refractivity contribution in [3.05, 3.63) is 42.0 Å². The van der Waals surface area contributed by atoms with Gasteiger partial charge in [0.05, 0.1) is 51.3 Å². The molecule has 0 spiro atoms. The van der Waals surface area contributed by atoms with Crippen molar-refractivity contribution in [1.29, 1.82) is 0 Å². The Morgan fingerprint density at radius 3 is 2.30 bits per heavy atom. The number of amides is 1. The van der Waals surface area contributed by atoms with Crippen LogP contribution in [0.3, 0.4) is 0 Å². The first kappa shape index (κ1) is 24.6. The van der Waals surface area contributed by atoms with E-state index in [-0.39, 0.29) is 17.3 Å². The lowest BCUT2D eigenvalue weighted by Gasteiger charge is -2.26. The van der Waals surface area contributed by atoms with Gasteiger partial charge in [-0.2, -0.15) is 0 Å². The highest BCUT2D eigenvalue weighted by atomic mass is 16.5. The quantitative estimate of drug-likeness (QED) is 0.370. The van der Waals surface area contributed by atoms with Gasteiger partial charge in [0.1, 0.15) is 16.9 Å². The average Bonchev–Trinajstić information content (AvgIpc) is 3.21. The second kappa shape index (κ2) is 10.5. The van der Waals surface area contributed by atoms with E-state index in [4.69, 9.17) is 34.6 Å². The predicted molar refractivity (Wildman–Crippen MR) is 140 cm³/mol. The van der Waals surface area contributed by atoms with Crippen LogP contribution < -0.4 is 25.3 Å². The third-order valence-electron chi connectivity index (χ3n) is 6.45. The van der Waals surface area contributed by atoms with E-state index in [0.717, 1.165) is 19.6 Å². The minimum Gasteiger partial charge on any atom is -0.493 e. The summed E-state index contributed by atoms with van der Waals surface area (Å²) in [5, 5.41) is 3.00. The topological polar surface area (TPSA) is 126 Å². The molecule has 194 valence electrons. The standard InChI is InChI=1S/C26H30N6O5/c1-34-19-14-16(15-20(35-2)23(19)36-3)32-24(27)21(26(33)28-8-9-31-10-12-37-13-11-31)22-25(32)30-18-7-5-4-6-17(18)29-22/h4-7,14-15H,8-13,27H2,1-3H3,(H,28,33). The summed E-state index contributed by atoms with van der Waals surface area (Å²) in [5.41, 5.74) is 9.73. The monoisotopic (exact) mass is 506 g/mol. The lowest BCUT2D eigenvalue weighted by Crippen LogP contribution is -2.41. The number of ether oxygens (including phenoxy) is 4. The largest absolute Gasteiger partial charge is 0.493 e. The second-order valence-corrected chi connectivity index (χ2v) is 8.57. The minimum atomic E-state index is -0.313. The Morgan fingerprint density at radius 2 is 1.68 bits per heavy atom. The van der Waals surface area contributed by atoms with Crippen LogP contribution in [-0.4, -0.2) is 86.1 Å². The third-order valence-corrected chi connectivity index (χ3v) is 6.45. The fourth-order valence-corrected chi connectivity index (χ4v) is 4.58. The zero-order valence-electron chi connectivity index (χ0n) is 21.1. The van der Waals surface area contributed by atoms with Crippen molar-refractivity contribution in [1.82, 2.24) is 24.8 Å². The molecule has 1 aliphatic rings. The van der Waals surface area contributed by atoms with E-state index in [0.29, 0.717) is 64.9 Å². The normalized spacial score (nSPS) is 14.1. The van der Waals surface area contributed by atoms with Crippen LogP contribution >= 0.6 is 0 Å². The molecule has 11 nitrogen and oxygen atoms in total. The lowest BCUT2D eigenvalue weighted by atomic mass is 10.2. The van der Waals surface area contributed by atoms with Gasteiger partial charge in [0.25, 0.3) is 5.91 Å². The van der Waals surface area contributed by atoms with Crippen LogP contribution in [0.1, 0.15) is 10.4 Å². The smallest absolute Gasteiger partial charge is 0.257 e. The fraction of sp³-hybridized carbons (Fsp3) is 0.346. The molecular formula is C26H30N6O5. The number of benzene rings is 2. The summed E-state index contributed by atoms with van der Waals surface area (Å²) >= 11 is 0. The SMILES string of the molecule is COc1cc(-n2c(N)c(C(=O)NCCN3CCOCC3)c3nc4ccccc4nc32)cc(OC)c1OC. The van der Waals surface area contributed by atoms with Crippen LogP contribution in [0.5, 0.6) is 17.2 Å². The number of anilines is 1. The zero-order valence-corrected chi connectivity index (χ0v) is 21.1. The molecule has 3 N–H and O–H groups in total. The number of rotatable bonds is 8. The van der Waals surface area contributed by atoms with Gasteiger partial charge in [-0.1, -0.05) is 12.1 Å². The van der Waals surface area contributed by atoms with Crippen LogP contribution in [0, 0.1) is 0 Å².